The smallest absolute Gasteiger partial charge is 0.339 e. The van der Waals surface area contributed by atoms with Gasteiger partial charge in [0.05, 0.1) is 19.9 Å². The van der Waals surface area contributed by atoms with Crippen LogP contribution in [0.4, 0.5) is 5.69 Å². The van der Waals surface area contributed by atoms with E-state index < -0.39 is 5.97 Å². The van der Waals surface area contributed by atoms with E-state index in [1.165, 1.54) is 35.7 Å². The van der Waals surface area contributed by atoms with E-state index >= 15 is 0 Å². The number of anilines is 1. The van der Waals surface area contributed by atoms with E-state index in [0.29, 0.717) is 27.9 Å². The van der Waals surface area contributed by atoms with Gasteiger partial charge in [-0.05, 0) is 36.4 Å². The van der Waals surface area contributed by atoms with E-state index in [2.05, 4.69) is 16.4 Å². The lowest BCUT2D eigenvalue weighted by Gasteiger charge is -2.08. The van der Waals surface area contributed by atoms with Crippen molar-refractivity contribution in [2.45, 2.75) is 0 Å². The Morgan fingerprint density at radius 1 is 1.20 bits per heavy atom. The summed E-state index contributed by atoms with van der Waals surface area (Å²) in [5.41, 5.74) is 1.93. The van der Waals surface area contributed by atoms with Gasteiger partial charge in [-0.1, -0.05) is 0 Å². The minimum Gasteiger partial charge on any atom is -0.507 e. The molecule has 2 aromatic carbocycles. The Hall–Kier alpha value is -4.03. The van der Waals surface area contributed by atoms with Crippen molar-refractivity contribution in [1.82, 2.24) is 4.98 Å². The Kier molecular flexibility index (Phi) is 6.20. The summed E-state index contributed by atoms with van der Waals surface area (Å²) in [6.45, 7) is 0. The van der Waals surface area contributed by atoms with Crippen LogP contribution in [-0.2, 0) is 0 Å². The number of hydrogen-bond acceptors (Lipinski definition) is 8. The Labute approximate surface area is 176 Å². The zero-order valence-electron chi connectivity index (χ0n) is 16.0. The SMILES string of the molecule is COc1ccc(-c2csc(C(C#N)=CNc3ccc(O)c(C(=O)O)c3)n2)cc1OC. The lowest BCUT2D eigenvalue weighted by molar-refractivity contribution is 0.0694. The second kappa shape index (κ2) is 8.98. The van der Waals surface area contributed by atoms with Crippen molar-refractivity contribution in [1.29, 1.82) is 5.26 Å². The van der Waals surface area contributed by atoms with Gasteiger partial charge in [0.25, 0.3) is 0 Å². The molecule has 0 saturated heterocycles. The van der Waals surface area contributed by atoms with Crippen molar-refractivity contribution in [2.75, 3.05) is 19.5 Å². The molecule has 1 aromatic heterocycles. The number of benzene rings is 2. The normalized spacial score (nSPS) is 10.9. The molecule has 0 fully saturated rings. The second-order valence-corrected chi connectivity index (χ2v) is 6.82. The first-order valence-electron chi connectivity index (χ1n) is 8.58. The van der Waals surface area contributed by atoms with E-state index in [0.717, 1.165) is 5.56 Å². The molecule has 152 valence electrons. The molecule has 0 bridgehead atoms. The summed E-state index contributed by atoms with van der Waals surface area (Å²) in [4.78, 5) is 15.6. The third kappa shape index (κ3) is 4.34. The average molecular weight is 423 g/mol. The maximum absolute atomic E-state index is 11.1. The van der Waals surface area contributed by atoms with Gasteiger partial charge in [0.2, 0.25) is 0 Å². The molecule has 0 atom stereocenters. The molecule has 0 aliphatic rings. The molecule has 0 amide bonds. The van der Waals surface area contributed by atoms with Crippen molar-refractivity contribution in [3.63, 3.8) is 0 Å². The number of methoxy groups -OCH3 is 2. The molecule has 3 N–H and O–H groups in total. The highest BCUT2D eigenvalue weighted by atomic mass is 32.1. The van der Waals surface area contributed by atoms with Crippen molar-refractivity contribution in [2.24, 2.45) is 0 Å². The number of ether oxygens (including phenoxy) is 2. The lowest BCUT2D eigenvalue weighted by atomic mass is 10.1. The topological polar surface area (TPSA) is 125 Å². The molecule has 30 heavy (non-hydrogen) atoms. The number of hydrogen-bond donors (Lipinski definition) is 3. The number of thiazole rings is 1. The van der Waals surface area contributed by atoms with Crippen molar-refractivity contribution < 1.29 is 24.5 Å². The van der Waals surface area contributed by atoms with Gasteiger partial charge in [-0.2, -0.15) is 5.26 Å². The van der Waals surface area contributed by atoms with Gasteiger partial charge < -0.3 is 25.0 Å². The number of aromatic carboxylic acids is 1. The number of carboxylic acid groups (broad SMARTS) is 1. The number of carboxylic acids is 1. The predicted molar refractivity (Wildman–Crippen MR) is 113 cm³/mol. The van der Waals surface area contributed by atoms with Gasteiger partial charge in [-0.3, -0.25) is 0 Å². The summed E-state index contributed by atoms with van der Waals surface area (Å²) < 4.78 is 10.6. The number of aromatic nitrogens is 1. The highest BCUT2D eigenvalue weighted by Crippen LogP contribution is 2.33. The van der Waals surface area contributed by atoms with E-state index in [-0.39, 0.29) is 16.9 Å². The number of rotatable bonds is 7. The van der Waals surface area contributed by atoms with E-state index in [1.54, 1.807) is 26.4 Å². The number of allylic oxidation sites excluding steroid dienone is 1. The lowest BCUT2D eigenvalue weighted by Crippen LogP contribution is -1.98. The predicted octanol–water partition coefficient (Wildman–Crippen LogP) is 4.21. The molecule has 8 nitrogen and oxygen atoms in total. The molecule has 1 heterocycles. The molecule has 9 heteroatoms. The number of nitrogens with one attached hydrogen (secondary N) is 1. The summed E-state index contributed by atoms with van der Waals surface area (Å²) >= 11 is 1.30. The van der Waals surface area contributed by atoms with Crippen LogP contribution in [-0.4, -0.2) is 35.4 Å². The van der Waals surface area contributed by atoms with E-state index in [4.69, 9.17) is 14.6 Å². The van der Waals surface area contributed by atoms with Crippen molar-refractivity contribution in [3.05, 3.63) is 58.5 Å². The van der Waals surface area contributed by atoms with Crippen LogP contribution >= 0.6 is 11.3 Å². The van der Waals surface area contributed by atoms with Crippen LogP contribution in [0.25, 0.3) is 16.8 Å². The standard InChI is InChI=1S/C21H17N3O5S/c1-28-18-6-3-12(7-19(18)29-2)16-11-30-20(24-16)13(9-22)10-23-14-4-5-17(25)15(8-14)21(26)27/h3-8,10-11,23,25H,1-2H3,(H,26,27). The van der Waals surface area contributed by atoms with Crippen molar-refractivity contribution >= 4 is 28.6 Å². The highest BCUT2D eigenvalue weighted by molar-refractivity contribution is 7.11. The average Bonchev–Trinajstić information content (AvgIpc) is 3.24. The molecule has 3 aromatic rings. The maximum atomic E-state index is 11.1. The van der Waals surface area contributed by atoms with Gasteiger partial charge in [0, 0.05) is 22.8 Å². The molecule has 0 saturated carbocycles. The largest absolute Gasteiger partial charge is 0.507 e. The quantitative estimate of drug-likeness (QED) is 0.381. The van der Waals surface area contributed by atoms with E-state index in [1.807, 2.05) is 11.4 Å². The van der Waals surface area contributed by atoms with Crippen LogP contribution in [0.15, 0.2) is 48.0 Å². The molecular weight excluding hydrogens is 406 g/mol. The zero-order chi connectivity index (χ0) is 21.7. The summed E-state index contributed by atoms with van der Waals surface area (Å²) in [6.07, 6.45) is 1.44. The van der Waals surface area contributed by atoms with Crippen LogP contribution in [0.1, 0.15) is 15.4 Å². The zero-order valence-corrected chi connectivity index (χ0v) is 16.9. The molecule has 0 unspecified atom stereocenters. The maximum Gasteiger partial charge on any atom is 0.339 e. The Bertz CT molecular complexity index is 1160. The Balaban J connectivity index is 1.85. The number of phenols is 1. The fraction of sp³-hybridized carbons (Fsp3) is 0.0952. The van der Waals surface area contributed by atoms with Crippen LogP contribution in [0, 0.1) is 11.3 Å². The molecule has 0 spiro atoms. The van der Waals surface area contributed by atoms with Gasteiger partial charge in [-0.15, -0.1) is 11.3 Å². The minimum atomic E-state index is -1.25. The molecule has 3 rings (SSSR count). The van der Waals surface area contributed by atoms with Gasteiger partial charge in [-0.25, -0.2) is 9.78 Å². The Morgan fingerprint density at radius 2 is 1.97 bits per heavy atom. The first-order valence-corrected chi connectivity index (χ1v) is 9.46. The Morgan fingerprint density at radius 3 is 2.63 bits per heavy atom. The van der Waals surface area contributed by atoms with Crippen LogP contribution in [0.3, 0.4) is 0 Å². The van der Waals surface area contributed by atoms with Crippen LogP contribution in [0.5, 0.6) is 17.2 Å². The molecular formula is C21H17N3O5S. The highest BCUT2D eigenvalue weighted by Gasteiger charge is 2.13. The third-order valence-corrected chi connectivity index (χ3v) is 5.02. The summed E-state index contributed by atoms with van der Waals surface area (Å²) in [5, 5.41) is 33.4. The number of nitrogens with zero attached hydrogens (tertiary/aromatic N) is 2. The van der Waals surface area contributed by atoms with Gasteiger partial charge in [0.1, 0.15) is 28.0 Å². The number of nitriles is 1. The second-order valence-electron chi connectivity index (χ2n) is 5.96. The molecule has 0 aliphatic heterocycles. The first kappa shape index (κ1) is 20.7. The first-order chi connectivity index (χ1) is 14.5. The molecule has 0 radical (unpaired) electrons. The van der Waals surface area contributed by atoms with Crippen LogP contribution < -0.4 is 14.8 Å². The monoisotopic (exact) mass is 423 g/mol. The van der Waals surface area contributed by atoms with Crippen molar-refractivity contribution in [3.8, 4) is 34.6 Å². The fourth-order valence-corrected chi connectivity index (χ4v) is 3.41. The van der Waals surface area contributed by atoms with Gasteiger partial charge in [0.15, 0.2) is 11.5 Å². The van der Waals surface area contributed by atoms with Gasteiger partial charge >= 0.3 is 5.97 Å². The summed E-state index contributed by atoms with van der Waals surface area (Å²) in [6, 6.07) is 11.6. The number of carbonyl (C=O) groups is 1. The summed E-state index contributed by atoms with van der Waals surface area (Å²) in [7, 11) is 3.11. The summed E-state index contributed by atoms with van der Waals surface area (Å²) in [5.74, 6) is -0.408. The number of aromatic hydroxyl groups is 1. The van der Waals surface area contributed by atoms with E-state index in [9.17, 15) is 15.2 Å². The minimum absolute atomic E-state index is 0.239. The van der Waals surface area contributed by atoms with Crippen LogP contribution in [0.2, 0.25) is 0 Å². The molecule has 0 aliphatic carbocycles. The third-order valence-electron chi connectivity index (χ3n) is 4.14. The fourth-order valence-electron chi connectivity index (χ4n) is 2.62.